The van der Waals surface area contributed by atoms with Crippen LogP contribution in [-0.4, -0.2) is 24.4 Å². The van der Waals surface area contributed by atoms with E-state index in [0.717, 1.165) is 12.3 Å². The summed E-state index contributed by atoms with van der Waals surface area (Å²) in [5.74, 6) is 1.50. The molecule has 1 aliphatic carbocycles. The van der Waals surface area contributed by atoms with Gasteiger partial charge in [0.05, 0.1) is 12.2 Å². The zero-order chi connectivity index (χ0) is 12.2. The van der Waals surface area contributed by atoms with E-state index < -0.39 is 5.60 Å². The highest BCUT2D eigenvalue weighted by Crippen LogP contribution is 2.40. The Hall–Kier alpha value is -0.0800. The van der Waals surface area contributed by atoms with Crippen LogP contribution < -0.4 is 0 Å². The lowest BCUT2D eigenvalue weighted by Crippen LogP contribution is -2.48. The number of aliphatic hydroxyl groups is 1. The van der Waals surface area contributed by atoms with Crippen molar-refractivity contribution in [3.63, 3.8) is 0 Å². The molecule has 1 saturated carbocycles. The van der Waals surface area contributed by atoms with Crippen LogP contribution in [0.3, 0.4) is 0 Å². The topological polar surface area (TPSA) is 29.5 Å². The van der Waals surface area contributed by atoms with Gasteiger partial charge < -0.3 is 9.84 Å². The van der Waals surface area contributed by atoms with E-state index in [1.807, 2.05) is 0 Å². The first-order chi connectivity index (χ1) is 7.54. The summed E-state index contributed by atoms with van der Waals surface area (Å²) in [6.45, 7) is 6.95. The molecule has 0 saturated heterocycles. The zero-order valence-corrected chi connectivity index (χ0v) is 11.3. The Labute approximate surface area is 100 Å². The molecule has 0 aromatic rings. The number of hydrogen-bond donors (Lipinski definition) is 1. The van der Waals surface area contributed by atoms with Gasteiger partial charge in [-0.1, -0.05) is 40.0 Å². The minimum Gasteiger partial charge on any atom is -0.387 e. The minimum absolute atomic E-state index is 0.271. The maximum absolute atomic E-state index is 10.8. The van der Waals surface area contributed by atoms with E-state index in [0.29, 0.717) is 12.5 Å². The van der Waals surface area contributed by atoms with Gasteiger partial charge in [0.2, 0.25) is 0 Å². The van der Waals surface area contributed by atoms with Crippen molar-refractivity contribution >= 4 is 0 Å². The van der Waals surface area contributed by atoms with Crippen molar-refractivity contribution in [1.82, 2.24) is 0 Å². The summed E-state index contributed by atoms with van der Waals surface area (Å²) in [6, 6.07) is 0. The van der Waals surface area contributed by atoms with E-state index in [4.69, 9.17) is 4.74 Å². The van der Waals surface area contributed by atoms with Gasteiger partial charge >= 0.3 is 0 Å². The van der Waals surface area contributed by atoms with Crippen molar-refractivity contribution in [2.75, 3.05) is 13.7 Å². The van der Waals surface area contributed by atoms with E-state index in [2.05, 4.69) is 20.8 Å². The lowest BCUT2D eigenvalue weighted by atomic mass is 9.68. The monoisotopic (exact) mass is 228 g/mol. The lowest BCUT2D eigenvalue weighted by molar-refractivity contribution is -0.119. The second-order valence-electron chi connectivity index (χ2n) is 5.72. The van der Waals surface area contributed by atoms with Gasteiger partial charge in [-0.2, -0.15) is 0 Å². The van der Waals surface area contributed by atoms with Crippen molar-refractivity contribution in [3.8, 4) is 0 Å². The standard InChI is InChI=1S/C14H28O2/c1-5-12-7-6-8-13(9-12)14(15,10-16-4)11(2)3/h11-13,15H,5-10H2,1-4H3. The third-order valence-corrected chi connectivity index (χ3v) is 4.44. The Balaban J connectivity index is 2.70. The molecule has 0 spiro atoms. The molecule has 16 heavy (non-hydrogen) atoms. The van der Waals surface area contributed by atoms with Crippen LogP contribution in [0.1, 0.15) is 52.9 Å². The van der Waals surface area contributed by atoms with Gasteiger partial charge in [0.25, 0.3) is 0 Å². The molecule has 0 heterocycles. The van der Waals surface area contributed by atoms with E-state index in [1.54, 1.807) is 7.11 Å². The molecule has 1 fully saturated rings. The molecule has 3 atom stereocenters. The first-order valence-corrected chi connectivity index (χ1v) is 6.75. The molecule has 0 aromatic heterocycles. The van der Waals surface area contributed by atoms with Gasteiger partial charge in [-0.3, -0.25) is 0 Å². The molecule has 0 amide bonds. The molecular formula is C14H28O2. The summed E-state index contributed by atoms with van der Waals surface area (Å²) >= 11 is 0. The fourth-order valence-electron chi connectivity index (χ4n) is 3.10. The molecule has 96 valence electrons. The molecule has 3 unspecified atom stereocenters. The van der Waals surface area contributed by atoms with E-state index in [1.165, 1.54) is 25.7 Å². The van der Waals surface area contributed by atoms with Gasteiger partial charge in [0.1, 0.15) is 0 Å². The van der Waals surface area contributed by atoms with Crippen molar-refractivity contribution < 1.29 is 9.84 Å². The Kier molecular flexibility index (Phi) is 5.26. The van der Waals surface area contributed by atoms with Gasteiger partial charge in [-0.15, -0.1) is 0 Å². The van der Waals surface area contributed by atoms with Crippen molar-refractivity contribution in [2.24, 2.45) is 17.8 Å². The maximum atomic E-state index is 10.8. The highest BCUT2D eigenvalue weighted by molar-refractivity contribution is 4.92. The van der Waals surface area contributed by atoms with Crippen LogP contribution >= 0.6 is 0 Å². The van der Waals surface area contributed by atoms with Crippen LogP contribution in [0.5, 0.6) is 0 Å². The summed E-state index contributed by atoms with van der Waals surface area (Å²) in [6.07, 6.45) is 6.19. The third-order valence-electron chi connectivity index (χ3n) is 4.44. The highest BCUT2D eigenvalue weighted by atomic mass is 16.5. The summed E-state index contributed by atoms with van der Waals surface area (Å²) < 4.78 is 5.24. The first kappa shape index (κ1) is 14.0. The van der Waals surface area contributed by atoms with Crippen molar-refractivity contribution in [2.45, 2.75) is 58.5 Å². The van der Waals surface area contributed by atoms with Gasteiger partial charge in [0.15, 0.2) is 0 Å². The average Bonchev–Trinajstić information content (AvgIpc) is 2.29. The van der Waals surface area contributed by atoms with Crippen LogP contribution in [0.15, 0.2) is 0 Å². The molecule has 2 nitrogen and oxygen atoms in total. The van der Waals surface area contributed by atoms with Gasteiger partial charge in [0, 0.05) is 7.11 Å². The predicted molar refractivity (Wildman–Crippen MR) is 67.4 cm³/mol. The quantitative estimate of drug-likeness (QED) is 0.783. The number of methoxy groups -OCH3 is 1. The molecule has 0 aliphatic heterocycles. The normalized spacial score (nSPS) is 30.4. The summed E-state index contributed by atoms with van der Waals surface area (Å²) in [7, 11) is 1.69. The first-order valence-electron chi connectivity index (χ1n) is 6.75. The molecule has 0 bridgehead atoms. The van der Waals surface area contributed by atoms with E-state index in [-0.39, 0.29) is 5.92 Å². The summed E-state index contributed by atoms with van der Waals surface area (Å²) in [5.41, 5.74) is -0.622. The Bertz CT molecular complexity index is 203. The van der Waals surface area contributed by atoms with Crippen LogP contribution in [0.25, 0.3) is 0 Å². The highest BCUT2D eigenvalue weighted by Gasteiger charge is 2.41. The van der Waals surface area contributed by atoms with Gasteiger partial charge in [-0.05, 0) is 30.6 Å². The molecule has 0 aromatic carbocycles. The maximum Gasteiger partial charge on any atom is 0.0930 e. The number of rotatable bonds is 5. The van der Waals surface area contributed by atoms with Crippen LogP contribution in [0, 0.1) is 17.8 Å². The Morgan fingerprint density at radius 2 is 2.06 bits per heavy atom. The Morgan fingerprint density at radius 1 is 1.38 bits per heavy atom. The van der Waals surface area contributed by atoms with Crippen LogP contribution in [0.4, 0.5) is 0 Å². The SMILES string of the molecule is CCC1CCCC(C(O)(COC)C(C)C)C1. The van der Waals surface area contributed by atoms with Crippen molar-refractivity contribution in [1.29, 1.82) is 0 Å². The number of hydrogen-bond acceptors (Lipinski definition) is 2. The smallest absolute Gasteiger partial charge is 0.0930 e. The molecule has 1 N–H and O–H groups in total. The summed E-state index contributed by atoms with van der Waals surface area (Å²) in [4.78, 5) is 0. The fourth-order valence-corrected chi connectivity index (χ4v) is 3.10. The van der Waals surface area contributed by atoms with E-state index in [9.17, 15) is 5.11 Å². The van der Waals surface area contributed by atoms with Gasteiger partial charge in [-0.25, -0.2) is 0 Å². The lowest BCUT2D eigenvalue weighted by Gasteiger charge is -2.43. The second kappa shape index (κ2) is 6.02. The molecule has 1 rings (SSSR count). The molecular weight excluding hydrogens is 200 g/mol. The van der Waals surface area contributed by atoms with Crippen LogP contribution in [0.2, 0.25) is 0 Å². The Morgan fingerprint density at radius 3 is 2.56 bits per heavy atom. The van der Waals surface area contributed by atoms with E-state index >= 15 is 0 Å². The average molecular weight is 228 g/mol. The number of ether oxygens (including phenoxy) is 1. The van der Waals surface area contributed by atoms with Crippen LogP contribution in [-0.2, 0) is 4.74 Å². The van der Waals surface area contributed by atoms with Crippen molar-refractivity contribution in [3.05, 3.63) is 0 Å². The third kappa shape index (κ3) is 2.98. The zero-order valence-electron chi connectivity index (χ0n) is 11.3. The predicted octanol–water partition coefficient (Wildman–Crippen LogP) is 3.24. The largest absolute Gasteiger partial charge is 0.387 e. The molecule has 2 heteroatoms. The minimum atomic E-state index is -0.622. The molecule has 0 radical (unpaired) electrons. The molecule has 1 aliphatic rings. The second-order valence-corrected chi connectivity index (χ2v) is 5.72. The fraction of sp³-hybridized carbons (Fsp3) is 1.00. The summed E-state index contributed by atoms with van der Waals surface area (Å²) in [5, 5.41) is 10.8.